The van der Waals surface area contributed by atoms with Crippen LogP contribution in [0, 0.1) is 6.92 Å². The van der Waals surface area contributed by atoms with E-state index in [1.807, 2.05) is 6.92 Å². The lowest BCUT2D eigenvalue weighted by Crippen LogP contribution is -2.36. The van der Waals surface area contributed by atoms with E-state index < -0.39 is 0 Å². The van der Waals surface area contributed by atoms with Crippen molar-refractivity contribution in [2.24, 2.45) is 5.11 Å². The maximum absolute atomic E-state index is 12.4. The van der Waals surface area contributed by atoms with Gasteiger partial charge in [-0.15, -0.1) is 0 Å². The average molecular weight is 258 g/mol. The van der Waals surface area contributed by atoms with E-state index in [4.69, 9.17) is 5.53 Å². The number of hydrogen-bond donors (Lipinski definition) is 0. The first-order valence-corrected chi connectivity index (χ1v) is 6.09. The molecule has 0 saturated carbocycles. The third-order valence-electron chi connectivity index (χ3n) is 3.25. The first-order valence-electron chi connectivity index (χ1n) is 6.09. The minimum Gasteiger partial charge on any atom is -0.329 e. The number of nitrogens with zero attached hydrogens (tertiary/aromatic N) is 4. The second-order valence-electron chi connectivity index (χ2n) is 4.55. The highest BCUT2D eigenvalue weighted by atomic mass is 16.2. The van der Waals surface area contributed by atoms with Crippen LogP contribution in [-0.2, 0) is 4.79 Å². The van der Waals surface area contributed by atoms with Crippen molar-refractivity contribution in [2.45, 2.75) is 25.8 Å². The molecule has 98 valence electrons. The van der Waals surface area contributed by atoms with Crippen molar-refractivity contribution in [3.8, 4) is 0 Å². The zero-order valence-electron chi connectivity index (χ0n) is 10.6. The summed E-state index contributed by atoms with van der Waals surface area (Å²) >= 11 is 0. The van der Waals surface area contributed by atoms with E-state index in [9.17, 15) is 9.59 Å². The molecule has 19 heavy (non-hydrogen) atoms. The summed E-state index contributed by atoms with van der Waals surface area (Å²) in [4.78, 5) is 27.6. The fraction of sp³-hybridized carbons (Fsp3) is 0.385. The molecule has 1 aromatic rings. The zero-order valence-corrected chi connectivity index (χ0v) is 10.6. The molecule has 1 atom stereocenters. The number of aldehydes is 1. The molecule has 0 spiro atoms. The first-order chi connectivity index (χ1) is 9.17. The Balaban J connectivity index is 2.38. The van der Waals surface area contributed by atoms with Gasteiger partial charge in [0.25, 0.3) is 5.91 Å². The summed E-state index contributed by atoms with van der Waals surface area (Å²) in [5.41, 5.74) is 10.1. The number of aryl methyl sites for hydroxylation is 1. The number of benzene rings is 1. The Morgan fingerprint density at radius 3 is 3.05 bits per heavy atom. The molecule has 0 bridgehead atoms. The number of azide groups is 1. The van der Waals surface area contributed by atoms with Crippen LogP contribution >= 0.6 is 0 Å². The SMILES string of the molecule is Cc1ccc(C(=O)N2CCC[C@H]2C=O)c(N=[N+]=[N-])c1. The molecule has 0 radical (unpaired) electrons. The van der Waals surface area contributed by atoms with Gasteiger partial charge in [-0.05, 0) is 37.4 Å². The van der Waals surface area contributed by atoms with Crippen LogP contribution in [0.25, 0.3) is 10.4 Å². The van der Waals surface area contributed by atoms with Gasteiger partial charge in [-0.1, -0.05) is 16.7 Å². The highest BCUT2D eigenvalue weighted by molar-refractivity contribution is 6.00. The normalized spacial score (nSPS) is 17.9. The molecular weight excluding hydrogens is 244 g/mol. The van der Waals surface area contributed by atoms with E-state index in [1.54, 1.807) is 18.2 Å². The third-order valence-corrected chi connectivity index (χ3v) is 3.25. The quantitative estimate of drug-likeness (QED) is 0.361. The smallest absolute Gasteiger partial charge is 0.254 e. The monoisotopic (exact) mass is 258 g/mol. The van der Waals surface area contributed by atoms with Gasteiger partial charge in [0.05, 0.1) is 11.7 Å². The van der Waals surface area contributed by atoms with Gasteiger partial charge in [0.2, 0.25) is 0 Å². The molecule has 1 aliphatic heterocycles. The second-order valence-corrected chi connectivity index (χ2v) is 4.55. The Hall–Kier alpha value is -2.33. The van der Waals surface area contributed by atoms with Crippen LogP contribution in [0.5, 0.6) is 0 Å². The Labute approximate surface area is 110 Å². The van der Waals surface area contributed by atoms with Crippen LogP contribution in [0.15, 0.2) is 23.3 Å². The number of carbonyl (C=O) groups excluding carboxylic acids is 2. The van der Waals surface area contributed by atoms with E-state index in [-0.39, 0.29) is 11.9 Å². The van der Waals surface area contributed by atoms with E-state index in [0.717, 1.165) is 18.3 Å². The molecule has 0 aromatic heterocycles. The summed E-state index contributed by atoms with van der Waals surface area (Å²) in [6.07, 6.45) is 2.31. The van der Waals surface area contributed by atoms with Gasteiger partial charge in [-0.25, -0.2) is 0 Å². The Bertz CT molecular complexity index is 564. The summed E-state index contributed by atoms with van der Waals surface area (Å²) in [6, 6.07) is 4.73. The van der Waals surface area contributed by atoms with Crippen molar-refractivity contribution >= 4 is 17.9 Å². The molecule has 1 heterocycles. The average Bonchev–Trinajstić information content (AvgIpc) is 2.87. The molecule has 0 unspecified atom stereocenters. The topological polar surface area (TPSA) is 86.1 Å². The van der Waals surface area contributed by atoms with Crippen molar-refractivity contribution < 1.29 is 9.59 Å². The van der Waals surface area contributed by atoms with Gasteiger partial charge in [0, 0.05) is 17.0 Å². The molecule has 0 aliphatic carbocycles. The van der Waals surface area contributed by atoms with Crippen LogP contribution in [0.3, 0.4) is 0 Å². The van der Waals surface area contributed by atoms with Crippen LogP contribution in [0.4, 0.5) is 5.69 Å². The number of carbonyl (C=O) groups is 2. The van der Waals surface area contributed by atoms with Crippen molar-refractivity contribution in [3.63, 3.8) is 0 Å². The molecule has 1 fully saturated rings. The standard InChI is InChI=1S/C13H14N4O2/c1-9-4-5-11(12(7-9)15-16-14)13(19)17-6-2-3-10(17)8-18/h4-5,7-8,10H,2-3,6H2,1H3/t10-/m0/s1. The summed E-state index contributed by atoms with van der Waals surface area (Å²) in [5, 5.41) is 3.56. The number of amides is 1. The van der Waals surface area contributed by atoms with Gasteiger partial charge < -0.3 is 9.69 Å². The van der Waals surface area contributed by atoms with E-state index in [2.05, 4.69) is 10.0 Å². The molecule has 2 rings (SSSR count). The van der Waals surface area contributed by atoms with Gasteiger partial charge in [0.1, 0.15) is 6.29 Å². The largest absolute Gasteiger partial charge is 0.329 e. The van der Waals surface area contributed by atoms with Crippen LogP contribution < -0.4 is 0 Å². The Morgan fingerprint density at radius 2 is 2.37 bits per heavy atom. The van der Waals surface area contributed by atoms with Crippen molar-refractivity contribution in [3.05, 3.63) is 39.8 Å². The van der Waals surface area contributed by atoms with Crippen LogP contribution in [0.2, 0.25) is 0 Å². The molecule has 1 aliphatic rings. The highest BCUT2D eigenvalue weighted by Crippen LogP contribution is 2.26. The molecule has 1 aromatic carbocycles. The van der Waals surface area contributed by atoms with Crippen molar-refractivity contribution in [1.29, 1.82) is 0 Å². The number of rotatable bonds is 3. The van der Waals surface area contributed by atoms with Crippen molar-refractivity contribution in [2.75, 3.05) is 6.54 Å². The Kier molecular flexibility index (Phi) is 3.82. The van der Waals surface area contributed by atoms with Gasteiger partial charge in [0.15, 0.2) is 0 Å². The first kappa shape index (κ1) is 13.1. The molecule has 6 heteroatoms. The lowest BCUT2D eigenvalue weighted by Gasteiger charge is -2.21. The predicted molar refractivity (Wildman–Crippen MR) is 70.1 cm³/mol. The second kappa shape index (κ2) is 5.54. The van der Waals surface area contributed by atoms with Crippen LogP contribution in [-0.4, -0.2) is 29.7 Å². The maximum atomic E-state index is 12.4. The fourth-order valence-electron chi connectivity index (χ4n) is 2.29. The lowest BCUT2D eigenvalue weighted by molar-refractivity contribution is -0.111. The van der Waals surface area contributed by atoms with Crippen molar-refractivity contribution in [1.82, 2.24) is 4.90 Å². The summed E-state index contributed by atoms with van der Waals surface area (Å²) in [6.45, 7) is 2.42. The molecule has 1 saturated heterocycles. The third kappa shape index (κ3) is 2.58. The predicted octanol–water partition coefficient (Wildman–Crippen LogP) is 2.74. The van der Waals surface area contributed by atoms with E-state index in [0.29, 0.717) is 24.2 Å². The molecule has 6 nitrogen and oxygen atoms in total. The summed E-state index contributed by atoms with van der Waals surface area (Å²) < 4.78 is 0. The summed E-state index contributed by atoms with van der Waals surface area (Å²) in [7, 11) is 0. The lowest BCUT2D eigenvalue weighted by atomic mass is 10.1. The summed E-state index contributed by atoms with van der Waals surface area (Å²) in [5.74, 6) is -0.253. The molecular formula is C13H14N4O2. The Morgan fingerprint density at radius 1 is 1.58 bits per heavy atom. The van der Waals surface area contributed by atoms with E-state index >= 15 is 0 Å². The van der Waals surface area contributed by atoms with Crippen LogP contribution in [0.1, 0.15) is 28.8 Å². The zero-order chi connectivity index (χ0) is 13.8. The van der Waals surface area contributed by atoms with E-state index in [1.165, 1.54) is 4.90 Å². The maximum Gasteiger partial charge on any atom is 0.254 e. The minimum atomic E-state index is -0.368. The van der Waals surface area contributed by atoms with Gasteiger partial charge in [-0.3, -0.25) is 4.79 Å². The highest BCUT2D eigenvalue weighted by Gasteiger charge is 2.29. The van der Waals surface area contributed by atoms with Gasteiger partial charge in [-0.2, -0.15) is 0 Å². The minimum absolute atomic E-state index is 0.253. The molecule has 0 N–H and O–H groups in total. The number of likely N-dealkylation sites (tertiary alicyclic amines) is 1. The number of hydrogen-bond acceptors (Lipinski definition) is 3. The molecule has 1 amide bonds. The fourth-order valence-corrected chi connectivity index (χ4v) is 2.29. The van der Waals surface area contributed by atoms with Gasteiger partial charge >= 0.3 is 0 Å².